The zero-order chi connectivity index (χ0) is 18.5. The Bertz CT molecular complexity index is 480. The number of amides is 2. The molecule has 2 unspecified atom stereocenters. The van der Waals surface area contributed by atoms with E-state index in [-0.39, 0.29) is 23.9 Å². The summed E-state index contributed by atoms with van der Waals surface area (Å²) in [4.78, 5) is 27.2. The lowest BCUT2D eigenvalue weighted by atomic mass is 9.84. The zero-order valence-electron chi connectivity index (χ0n) is 16.4. The van der Waals surface area contributed by atoms with Crippen LogP contribution in [0.15, 0.2) is 0 Å². The first kappa shape index (κ1) is 19.7. The monoisotopic (exact) mass is 363 g/mol. The molecule has 26 heavy (non-hydrogen) atoms. The second-order valence-electron chi connectivity index (χ2n) is 9.02. The van der Waals surface area contributed by atoms with Crippen molar-refractivity contribution in [3.8, 4) is 0 Å². The second kappa shape index (κ2) is 9.20. The fraction of sp³-hybridized carbons (Fsp3) is 0.905. The Morgan fingerprint density at radius 2 is 1.73 bits per heavy atom. The summed E-state index contributed by atoms with van der Waals surface area (Å²) in [6, 6.07) is 0.433. The maximum Gasteiger partial charge on any atom is 0.225 e. The minimum Gasteiger partial charge on any atom is -0.353 e. The normalized spacial score (nSPS) is 31.6. The van der Waals surface area contributed by atoms with Gasteiger partial charge in [-0.2, -0.15) is 0 Å². The quantitative estimate of drug-likeness (QED) is 0.789. The van der Waals surface area contributed by atoms with Crippen molar-refractivity contribution in [2.24, 2.45) is 23.5 Å². The first-order valence-electron chi connectivity index (χ1n) is 10.9. The lowest BCUT2D eigenvalue weighted by molar-refractivity contribution is -0.138. The number of nitrogens with two attached hydrogens (primary N) is 1. The third-order valence-corrected chi connectivity index (χ3v) is 6.90. The molecule has 1 heterocycles. The molecule has 2 atom stereocenters. The highest BCUT2D eigenvalue weighted by Gasteiger charge is 2.33. The van der Waals surface area contributed by atoms with E-state index < -0.39 is 0 Å². The van der Waals surface area contributed by atoms with Gasteiger partial charge in [0.2, 0.25) is 11.8 Å². The van der Waals surface area contributed by atoms with Gasteiger partial charge in [0.1, 0.15) is 0 Å². The molecule has 0 radical (unpaired) electrons. The summed E-state index contributed by atoms with van der Waals surface area (Å²) >= 11 is 0. The lowest BCUT2D eigenvalue weighted by Crippen LogP contribution is -2.48. The third-order valence-electron chi connectivity index (χ3n) is 6.90. The van der Waals surface area contributed by atoms with Gasteiger partial charge in [-0.25, -0.2) is 0 Å². The van der Waals surface area contributed by atoms with Crippen molar-refractivity contribution in [1.82, 2.24) is 10.2 Å². The number of piperidine rings is 1. The Balaban J connectivity index is 1.40. The summed E-state index contributed by atoms with van der Waals surface area (Å²) in [5.41, 5.74) is 6.05. The molecule has 0 aromatic rings. The van der Waals surface area contributed by atoms with Gasteiger partial charge in [-0.15, -0.1) is 0 Å². The van der Waals surface area contributed by atoms with Crippen LogP contribution in [0.1, 0.15) is 77.6 Å². The van der Waals surface area contributed by atoms with Gasteiger partial charge in [0, 0.05) is 37.5 Å². The maximum absolute atomic E-state index is 12.9. The van der Waals surface area contributed by atoms with Gasteiger partial charge in [0.25, 0.3) is 0 Å². The smallest absolute Gasteiger partial charge is 0.225 e. The van der Waals surface area contributed by atoms with Crippen molar-refractivity contribution in [2.75, 3.05) is 13.1 Å². The highest BCUT2D eigenvalue weighted by Crippen LogP contribution is 2.30. The number of hydrogen-bond donors (Lipinski definition) is 2. The van der Waals surface area contributed by atoms with E-state index in [9.17, 15) is 9.59 Å². The van der Waals surface area contributed by atoms with Crippen molar-refractivity contribution in [3.63, 3.8) is 0 Å². The molecule has 0 aromatic carbocycles. The van der Waals surface area contributed by atoms with Gasteiger partial charge in [0.15, 0.2) is 0 Å². The summed E-state index contributed by atoms with van der Waals surface area (Å²) in [6.45, 7) is 3.77. The lowest BCUT2D eigenvalue weighted by Gasteiger charge is -2.38. The van der Waals surface area contributed by atoms with E-state index in [0.29, 0.717) is 24.2 Å². The van der Waals surface area contributed by atoms with Crippen molar-refractivity contribution in [2.45, 2.75) is 89.6 Å². The van der Waals surface area contributed by atoms with Crippen LogP contribution in [0.25, 0.3) is 0 Å². The molecule has 148 valence electrons. The third kappa shape index (κ3) is 5.21. The SMILES string of the molecule is CC(N)C1CCCN(C(=O)C2CCC(NC(=O)CC3CCCC3)CC2)C1. The van der Waals surface area contributed by atoms with Crippen molar-refractivity contribution >= 4 is 11.8 Å². The van der Waals surface area contributed by atoms with Gasteiger partial charge in [-0.05, 0) is 70.1 Å². The van der Waals surface area contributed by atoms with Crippen molar-refractivity contribution in [1.29, 1.82) is 0 Å². The molecule has 3 rings (SSSR count). The van der Waals surface area contributed by atoms with Crippen molar-refractivity contribution in [3.05, 3.63) is 0 Å². The van der Waals surface area contributed by atoms with Crippen LogP contribution in [0.2, 0.25) is 0 Å². The number of carbonyl (C=O) groups excluding carboxylic acids is 2. The van der Waals surface area contributed by atoms with Crippen LogP contribution in [0.3, 0.4) is 0 Å². The number of hydrogen-bond acceptors (Lipinski definition) is 3. The Kier molecular flexibility index (Phi) is 6.96. The van der Waals surface area contributed by atoms with Crippen LogP contribution in [-0.2, 0) is 9.59 Å². The first-order valence-corrected chi connectivity index (χ1v) is 10.9. The average molecular weight is 364 g/mol. The molecule has 1 saturated heterocycles. The van der Waals surface area contributed by atoms with Crippen LogP contribution in [0.4, 0.5) is 0 Å². The van der Waals surface area contributed by atoms with E-state index in [2.05, 4.69) is 17.1 Å². The zero-order valence-corrected chi connectivity index (χ0v) is 16.4. The molecule has 2 saturated carbocycles. The van der Waals surface area contributed by atoms with Crippen LogP contribution in [-0.4, -0.2) is 41.9 Å². The van der Waals surface area contributed by atoms with E-state index >= 15 is 0 Å². The van der Waals surface area contributed by atoms with Crippen LogP contribution >= 0.6 is 0 Å². The largest absolute Gasteiger partial charge is 0.353 e. The number of nitrogens with zero attached hydrogens (tertiary/aromatic N) is 1. The minimum atomic E-state index is 0.143. The van der Waals surface area contributed by atoms with Gasteiger partial charge in [-0.3, -0.25) is 9.59 Å². The average Bonchev–Trinajstić information content (AvgIpc) is 3.14. The van der Waals surface area contributed by atoms with Crippen LogP contribution in [0, 0.1) is 17.8 Å². The standard InChI is InChI=1S/C21H37N3O2/c1-15(22)18-7-4-12-24(14-18)21(26)17-8-10-19(11-9-17)23-20(25)13-16-5-2-3-6-16/h15-19H,2-14,22H2,1H3,(H,23,25). The van der Waals surface area contributed by atoms with Crippen molar-refractivity contribution < 1.29 is 9.59 Å². The number of carbonyl (C=O) groups is 2. The highest BCUT2D eigenvalue weighted by molar-refractivity contribution is 5.79. The van der Waals surface area contributed by atoms with E-state index in [4.69, 9.17) is 5.73 Å². The predicted octanol–water partition coefficient (Wildman–Crippen LogP) is 2.83. The van der Waals surface area contributed by atoms with Gasteiger partial charge in [0.05, 0.1) is 0 Å². The highest BCUT2D eigenvalue weighted by atomic mass is 16.2. The Morgan fingerprint density at radius 1 is 1.04 bits per heavy atom. The molecular formula is C21H37N3O2. The number of nitrogens with one attached hydrogen (secondary N) is 1. The topological polar surface area (TPSA) is 75.4 Å². The molecule has 1 aliphatic heterocycles. The van der Waals surface area contributed by atoms with E-state index in [0.717, 1.165) is 51.6 Å². The van der Waals surface area contributed by atoms with Gasteiger partial charge >= 0.3 is 0 Å². The molecule has 0 spiro atoms. The van der Waals surface area contributed by atoms with Gasteiger partial charge in [-0.1, -0.05) is 12.8 Å². The maximum atomic E-state index is 12.9. The van der Waals surface area contributed by atoms with E-state index in [1.807, 2.05) is 0 Å². The number of rotatable bonds is 5. The summed E-state index contributed by atoms with van der Waals surface area (Å²) in [6.07, 6.45) is 11.6. The predicted molar refractivity (Wildman–Crippen MR) is 103 cm³/mol. The summed E-state index contributed by atoms with van der Waals surface area (Å²) < 4.78 is 0. The molecule has 2 aliphatic carbocycles. The molecule has 3 aliphatic rings. The fourth-order valence-corrected chi connectivity index (χ4v) is 5.15. The van der Waals surface area contributed by atoms with Crippen LogP contribution < -0.4 is 11.1 Å². The molecule has 3 fully saturated rings. The Labute approximate surface area is 158 Å². The van der Waals surface area contributed by atoms with Crippen LogP contribution in [0.5, 0.6) is 0 Å². The molecule has 3 N–H and O–H groups in total. The molecule has 5 nitrogen and oxygen atoms in total. The fourth-order valence-electron chi connectivity index (χ4n) is 5.15. The summed E-state index contributed by atoms with van der Waals surface area (Å²) in [5, 5.41) is 3.23. The molecule has 5 heteroatoms. The minimum absolute atomic E-state index is 0.143. The summed E-state index contributed by atoms with van der Waals surface area (Å²) in [5.74, 6) is 1.74. The first-order chi connectivity index (χ1) is 12.5. The molecule has 0 aromatic heterocycles. The Morgan fingerprint density at radius 3 is 2.38 bits per heavy atom. The summed E-state index contributed by atoms with van der Waals surface area (Å²) in [7, 11) is 0. The molecule has 2 amide bonds. The van der Waals surface area contributed by atoms with E-state index in [1.165, 1.54) is 25.7 Å². The van der Waals surface area contributed by atoms with Gasteiger partial charge < -0.3 is 16.0 Å². The number of likely N-dealkylation sites (tertiary alicyclic amines) is 1. The second-order valence-corrected chi connectivity index (χ2v) is 9.02. The molecular weight excluding hydrogens is 326 g/mol. The van der Waals surface area contributed by atoms with E-state index in [1.54, 1.807) is 0 Å². The molecule has 0 bridgehead atoms. The Hall–Kier alpha value is -1.10.